The first kappa shape index (κ1) is 18.0. The molecule has 0 saturated carbocycles. The Kier molecular flexibility index (Phi) is 5.93. The van der Waals surface area contributed by atoms with Gasteiger partial charge in [-0.05, 0) is 25.5 Å². The smallest absolute Gasteiger partial charge is 0.355 e. The Balaban J connectivity index is 3.10. The van der Waals surface area contributed by atoms with Gasteiger partial charge in [-0.25, -0.2) is 0 Å². The third kappa shape index (κ3) is 5.73. The minimum absolute atomic E-state index is 0.0930. The topological polar surface area (TPSA) is 33.5 Å². The van der Waals surface area contributed by atoms with Crippen LogP contribution in [0.1, 0.15) is 11.1 Å². The van der Waals surface area contributed by atoms with Crippen molar-refractivity contribution in [3.05, 3.63) is 53.4 Å². The summed E-state index contributed by atoms with van der Waals surface area (Å²) in [7, 11) is 3.63. The number of halogens is 3. The minimum Gasteiger partial charge on any atom is -0.355 e. The first-order chi connectivity index (χ1) is 10.1. The van der Waals surface area contributed by atoms with Gasteiger partial charge in [0.15, 0.2) is 0 Å². The normalized spacial score (nSPS) is 13.0. The molecule has 0 fully saturated rings. The molecule has 0 aliphatic rings. The Morgan fingerprint density at radius 2 is 1.86 bits per heavy atom. The predicted octanol–water partition coefficient (Wildman–Crippen LogP) is 2.39. The van der Waals surface area contributed by atoms with Crippen LogP contribution in [0.2, 0.25) is 0 Å². The first-order valence-electron chi connectivity index (χ1n) is 6.75. The van der Waals surface area contributed by atoms with E-state index in [0.29, 0.717) is 11.8 Å². The van der Waals surface area contributed by atoms with Gasteiger partial charge in [-0.2, -0.15) is 13.2 Å². The first-order valence-corrected chi connectivity index (χ1v) is 6.75. The number of benzene rings is 1. The molecule has 120 valence electrons. The molecule has 0 bridgehead atoms. The van der Waals surface area contributed by atoms with Gasteiger partial charge in [0, 0.05) is 23.5 Å². The van der Waals surface area contributed by atoms with Gasteiger partial charge in [0.1, 0.15) is 0 Å². The molecule has 0 aliphatic heterocycles. The zero-order valence-corrected chi connectivity index (χ0v) is 13.0. The number of carbonyl (C=O) groups excluding carboxylic acids is 1. The Morgan fingerprint density at radius 3 is 2.36 bits per heavy atom. The Bertz CT molecular complexity index is 602. The Hall–Kier alpha value is -2.08. The van der Waals surface area contributed by atoms with Crippen molar-refractivity contribution in [1.29, 1.82) is 0 Å². The highest BCUT2D eigenvalue weighted by molar-refractivity contribution is 5.95. The maximum absolute atomic E-state index is 12.4. The summed E-state index contributed by atoms with van der Waals surface area (Å²) < 4.78 is 37.3. The van der Waals surface area contributed by atoms with E-state index >= 15 is 0 Å². The lowest BCUT2D eigenvalue weighted by atomic mass is 10.1. The molecule has 1 aromatic rings. The summed E-state index contributed by atoms with van der Waals surface area (Å²) in [5.41, 5.74) is 2.69. The fourth-order valence-corrected chi connectivity index (χ4v) is 1.71. The van der Waals surface area contributed by atoms with Gasteiger partial charge in [-0.3, -0.25) is 4.79 Å². The summed E-state index contributed by atoms with van der Waals surface area (Å²) >= 11 is 0. The quantitative estimate of drug-likeness (QED) is 0.646. The van der Waals surface area contributed by atoms with E-state index in [1.165, 1.54) is 6.08 Å². The second kappa shape index (κ2) is 7.26. The van der Waals surface area contributed by atoms with Gasteiger partial charge in [0.05, 0.1) is 20.3 Å². The maximum Gasteiger partial charge on any atom is 0.454 e. The van der Waals surface area contributed by atoms with Gasteiger partial charge >= 0.3 is 6.18 Å². The second-order valence-electron chi connectivity index (χ2n) is 5.32. The lowest BCUT2D eigenvalue weighted by Gasteiger charge is -2.12. The molecule has 0 heterocycles. The number of allylic oxidation sites excluding steroid dienone is 2. The number of anilines is 1. The third-order valence-corrected chi connectivity index (χ3v) is 2.82. The predicted molar refractivity (Wildman–Crippen MR) is 80.6 cm³/mol. The number of carbonyl (C=O) groups is 1. The lowest BCUT2D eigenvalue weighted by Crippen LogP contribution is -3.00. The van der Waals surface area contributed by atoms with Gasteiger partial charge < -0.3 is 10.2 Å². The largest absolute Gasteiger partial charge is 0.454 e. The van der Waals surface area contributed by atoms with Gasteiger partial charge in [-0.15, -0.1) is 0 Å². The molecule has 0 aromatic heterocycles. The number of ketones is 1. The van der Waals surface area contributed by atoms with Crippen molar-refractivity contribution in [1.82, 2.24) is 0 Å². The Morgan fingerprint density at radius 1 is 1.23 bits per heavy atom. The summed E-state index contributed by atoms with van der Waals surface area (Å²) in [6.45, 7) is 3.77. The molecule has 1 aromatic carbocycles. The summed E-state index contributed by atoms with van der Waals surface area (Å²) in [4.78, 5) is 12.1. The van der Waals surface area contributed by atoms with Crippen LogP contribution < -0.4 is 10.2 Å². The zero-order valence-electron chi connectivity index (χ0n) is 13.0. The van der Waals surface area contributed by atoms with Gasteiger partial charge in [0.2, 0.25) is 0 Å². The number of rotatable bonds is 5. The van der Waals surface area contributed by atoms with E-state index in [4.69, 9.17) is 0 Å². The number of aryl methyl sites for hydroxylation is 2. The van der Waals surface area contributed by atoms with Crippen LogP contribution in [0.15, 0.2) is 42.2 Å². The van der Waals surface area contributed by atoms with E-state index in [1.54, 1.807) is 12.3 Å². The molecule has 0 atom stereocenters. The molecule has 0 radical (unpaired) electrons. The fraction of sp³-hybridized carbons (Fsp3) is 0.312. The van der Waals surface area contributed by atoms with Crippen LogP contribution in [0.5, 0.6) is 0 Å². The van der Waals surface area contributed by atoms with Crippen molar-refractivity contribution < 1.29 is 22.9 Å². The summed E-state index contributed by atoms with van der Waals surface area (Å²) in [6, 6.07) is 5.53. The maximum atomic E-state index is 12.4. The van der Waals surface area contributed by atoms with Crippen LogP contribution in [0.4, 0.5) is 18.9 Å². The summed E-state index contributed by atoms with van der Waals surface area (Å²) in [5.74, 6) is -1.89. The van der Waals surface area contributed by atoms with Crippen LogP contribution >= 0.6 is 0 Å². The van der Waals surface area contributed by atoms with Crippen molar-refractivity contribution in [3.8, 4) is 0 Å². The fourth-order valence-electron chi connectivity index (χ4n) is 1.71. The van der Waals surface area contributed by atoms with Crippen molar-refractivity contribution in [3.63, 3.8) is 0 Å². The van der Waals surface area contributed by atoms with Gasteiger partial charge in [0.25, 0.3) is 5.78 Å². The molecule has 1 rings (SSSR count). The minimum atomic E-state index is -4.88. The van der Waals surface area contributed by atoms with Crippen LogP contribution in [0, 0.1) is 13.8 Å². The highest BCUT2D eigenvalue weighted by Crippen LogP contribution is 2.21. The third-order valence-electron chi connectivity index (χ3n) is 2.82. The van der Waals surface area contributed by atoms with Crippen LogP contribution in [-0.2, 0) is 4.79 Å². The summed E-state index contributed by atoms with van der Waals surface area (Å²) in [6.07, 6.45) is -1.21. The molecular weight excluding hydrogens is 293 g/mol. The number of hydrogen-bond acceptors (Lipinski definition) is 2. The van der Waals surface area contributed by atoms with E-state index in [9.17, 15) is 18.0 Å². The SMILES string of the molecule is Cc1ccc(NC(/C=C/[NH+](C)C)=C/C(=O)C(F)(F)F)c(C)c1. The number of quaternary nitrogens is 1. The average molecular weight is 313 g/mol. The molecule has 0 saturated heterocycles. The standard InChI is InChI=1S/C16H19F3N2O/c1-11-5-6-14(12(2)9-11)20-13(7-8-21(3)4)10-15(22)16(17,18)19/h5-10,20H,1-4H3/p+1/b8-7+,13-10+. The molecule has 3 nitrogen and oxygen atoms in total. The van der Waals surface area contributed by atoms with E-state index in [1.807, 2.05) is 40.1 Å². The Labute approximate surface area is 128 Å². The molecule has 0 aliphatic carbocycles. The molecule has 6 heteroatoms. The average Bonchev–Trinajstić information content (AvgIpc) is 2.37. The molecule has 22 heavy (non-hydrogen) atoms. The van der Waals surface area contributed by atoms with Crippen LogP contribution in [0.25, 0.3) is 0 Å². The highest BCUT2D eigenvalue weighted by Gasteiger charge is 2.36. The number of nitrogens with one attached hydrogen (secondary N) is 2. The molecular formula is C16H20F3N2O+. The van der Waals surface area contributed by atoms with Crippen molar-refractivity contribution >= 4 is 11.5 Å². The van der Waals surface area contributed by atoms with Gasteiger partial charge in [-0.1, -0.05) is 17.7 Å². The number of hydrogen-bond donors (Lipinski definition) is 2. The van der Waals surface area contributed by atoms with Crippen LogP contribution in [-0.4, -0.2) is 26.1 Å². The van der Waals surface area contributed by atoms with E-state index in [-0.39, 0.29) is 5.70 Å². The second-order valence-corrected chi connectivity index (χ2v) is 5.32. The zero-order chi connectivity index (χ0) is 16.9. The van der Waals surface area contributed by atoms with E-state index < -0.39 is 12.0 Å². The molecule has 0 amide bonds. The van der Waals surface area contributed by atoms with Crippen molar-refractivity contribution in [2.75, 3.05) is 19.4 Å². The highest BCUT2D eigenvalue weighted by atomic mass is 19.4. The van der Waals surface area contributed by atoms with Crippen molar-refractivity contribution in [2.24, 2.45) is 0 Å². The molecule has 2 N–H and O–H groups in total. The lowest BCUT2D eigenvalue weighted by molar-refractivity contribution is -0.801. The number of alkyl halides is 3. The molecule has 0 spiro atoms. The van der Waals surface area contributed by atoms with E-state index in [0.717, 1.165) is 16.0 Å². The van der Waals surface area contributed by atoms with Crippen LogP contribution in [0.3, 0.4) is 0 Å². The summed E-state index contributed by atoms with van der Waals surface area (Å²) in [5, 5.41) is 2.87. The van der Waals surface area contributed by atoms with E-state index in [2.05, 4.69) is 5.32 Å². The monoisotopic (exact) mass is 313 g/mol. The molecule has 0 unspecified atom stereocenters. The van der Waals surface area contributed by atoms with Crippen molar-refractivity contribution in [2.45, 2.75) is 20.0 Å².